The van der Waals surface area contributed by atoms with Crippen molar-refractivity contribution in [1.29, 1.82) is 0 Å². The summed E-state index contributed by atoms with van der Waals surface area (Å²) in [5, 5.41) is 2.85. The fraction of sp³-hybridized carbons (Fsp3) is 0.357. The molecule has 0 fully saturated rings. The van der Waals surface area contributed by atoms with Crippen LogP contribution in [0.15, 0.2) is 35.1 Å². The fourth-order valence-corrected chi connectivity index (χ4v) is 1.90. The average Bonchev–Trinajstić information content (AvgIpc) is 2.69. The molecule has 3 heteroatoms. The van der Waals surface area contributed by atoms with Gasteiger partial charge in [0.25, 0.3) is 5.56 Å². The minimum absolute atomic E-state index is 0.0309. The zero-order valence-corrected chi connectivity index (χ0v) is 10.4. The standard InChI is InChI=1S/C14H18N2O/c1-3-4-5-13-10-14(17)15-16(13)12-8-6-11(2)7-9-12/h6-10H,3-5H2,1-2H3,(H,15,17). The Morgan fingerprint density at radius 1 is 1.24 bits per heavy atom. The van der Waals surface area contributed by atoms with Gasteiger partial charge in [-0.25, -0.2) is 0 Å². The van der Waals surface area contributed by atoms with Crippen molar-refractivity contribution in [1.82, 2.24) is 9.78 Å². The van der Waals surface area contributed by atoms with E-state index >= 15 is 0 Å². The molecule has 0 atom stereocenters. The van der Waals surface area contributed by atoms with E-state index in [0.29, 0.717) is 0 Å². The number of aromatic amines is 1. The third-order valence-electron chi connectivity index (χ3n) is 2.89. The Morgan fingerprint density at radius 2 is 1.94 bits per heavy atom. The van der Waals surface area contributed by atoms with Gasteiger partial charge in [0, 0.05) is 11.8 Å². The smallest absolute Gasteiger partial charge is 0.264 e. The summed E-state index contributed by atoms with van der Waals surface area (Å²) in [6.45, 7) is 4.21. The molecule has 0 unspecified atom stereocenters. The lowest BCUT2D eigenvalue weighted by atomic mass is 10.2. The summed E-state index contributed by atoms with van der Waals surface area (Å²) in [5.74, 6) is 0. The molecule has 1 aromatic carbocycles. The van der Waals surface area contributed by atoms with E-state index in [1.165, 1.54) is 5.56 Å². The Morgan fingerprint density at radius 3 is 2.59 bits per heavy atom. The number of aryl methyl sites for hydroxylation is 2. The molecule has 0 aliphatic heterocycles. The van der Waals surface area contributed by atoms with E-state index in [0.717, 1.165) is 30.6 Å². The molecule has 2 rings (SSSR count). The van der Waals surface area contributed by atoms with Gasteiger partial charge in [0.15, 0.2) is 0 Å². The summed E-state index contributed by atoms with van der Waals surface area (Å²) in [7, 11) is 0. The van der Waals surface area contributed by atoms with Crippen LogP contribution in [-0.2, 0) is 6.42 Å². The first-order valence-electron chi connectivity index (χ1n) is 6.08. The zero-order chi connectivity index (χ0) is 12.3. The third kappa shape index (κ3) is 2.67. The Labute approximate surface area is 101 Å². The SMILES string of the molecule is CCCCc1cc(=O)[nH]n1-c1ccc(C)cc1. The minimum Gasteiger partial charge on any atom is -0.268 e. The first-order valence-corrected chi connectivity index (χ1v) is 6.08. The number of hydrogen-bond donors (Lipinski definition) is 1. The molecule has 0 saturated carbocycles. The number of rotatable bonds is 4. The van der Waals surface area contributed by atoms with Crippen LogP contribution < -0.4 is 5.56 Å². The molecule has 0 saturated heterocycles. The molecule has 17 heavy (non-hydrogen) atoms. The molecule has 0 amide bonds. The van der Waals surface area contributed by atoms with E-state index in [-0.39, 0.29) is 5.56 Å². The summed E-state index contributed by atoms with van der Waals surface area (Å²) in [4.78, 5) is 11.4. The van der Waals surface area contributed by atoms with E-state index < -0.39 is 0 Å². The Kier molecular flexibility index (Phi) is 3.47. The van der Waals surface area contributed by atoms with Crippen LogP contribution in [0.1, 0.15) is 31.0 Å². The molecule has 0 bridgehead atoms. The second-order valence-electron chi connectivity index (χ2n) is 4.39. The minimum atomic E-state index is -0.0309. The lowest BCUT2D eigenvalue weighted by Crippen LogP contribution is -2.05. The van der Waals surface area contributed by atoms with Crippen molar-refractivity contribution in [2.24, 2.45) is 0 Å². The predicted octanol–water partition coefficient (Wildman–Crippen LogP) is 2.82. The maximum atomic E-state index is 11.4. The number of H-pyrrole nitrogens is 1. The summed E-state index contributed by atoms with van der Waals surface area (Å²) in [6.07, 6.45) is 3.17. The summed E-state index contributed by atoms with van der Waals surface area (Å²) in [5.41, 5.74) is 3.26. The van der Waals surface area contributed by atoms with Gasteiger partial charge in [-0.3, -0.25) is 14.6 Å². The van der Waals surface area contributed by atoms with Crippen molar-refractivity contribution in [2.75, 3.05) is 0 Å². The van der Waals surface area contributed by atoms with E-state index in [4.69, 9.17) is 0 Å². The van der Waals surface area contributed by atoms with Crippen molar-refractivity contribution >= 4 is 0 Å². The van der Waals surface area contributed by atoms with Gasteiger partial charge < -0.3 is 0 Å². The van der Waals surface area contributed by atoms with Crippen LogP contribution in [0.3, 0.4) is 0 Å². The summed E-state index contributed by atoms with van der Waals surface area (Å²) < 4.78 is 1.89. The number of unbranched alkanes of at least 4 members (excludes halogenated alkanes) is 1. The molecule has 0 radical (unpaired) electrons. The van der Waals surface area contributed by atoms with Crippen LogP contribution >= 0.6 is 0 Å². The number of aromatic nitrogens is 2. The molecule has 1 aromatic heterocycles. The molecule has 1 N–H and O–H groups in total. The lowest BCUT2D eigenvalue weighted by molar-refractivity contribution is 0.727. The van der Waals surface area contributed by atoms with Gasteiger partial charge in [-0.2, -0.15) is 0 Å². The van der Waals surface area contributed by atoms with Crippen molar-refractivity contribution in [3.05, 3.63) is 51.9 Å². The van der Waals surface area contributed by atoms with E-state index in [1.54, 1.807) is 6.07 Å². The molecular weight excluding hydrogens is 212 g/mol. The highest BCUT2D eigenvalue weighted by Gasteiger charge is 2.05. The highest BCUT2D eigenvalue weighted by atomic mass is 16.1. The van der Waals surface area contributed by atoms with Gasteiger partial charge in [-0.1, -0.05) is 31.0 Å². The molecule has 1 heterocycles. The first-order chi connectivity index (χ1) is 8.20. The Bertz CT molecular complexity index is 534. The largest absolute Gasteiger partial charge is 0.268 e. The zero-order valence-electron chi connectivity index (χ0n) is 10.4. The highest BCUT2D eigenvalue weighted by Crippen LogP contribution is 2.12. The summed E-state index contributed by atoms with van der Waals surface area (Å²) >= 11 is 0. The van der Waals surface area contributed by atoms with Crippen molar-refractivity contribution < 1.29 is 0 Å². The maximum Gasteiger partial charge on any atom is 0.264 e. The Hall–Kier alpha value is -1.77. The normalized spacial score (nSPS) is 10.7. The van der Waals surface area contributed by atoms with Gasteiger partial charge in [0.2, 0.25) is 0 Å². The molecule has 0 aliphatic carbocycles. The van der Waals surface area contributed by atoms with E-state index in [1.807, 2.05) is 16.8 Å². The number of nitrogens with one attached hydrogen (secondary N) is 1. The number of hydrogen-bond acceptors (Lipinski definition) is 1. The Balaban J connectivity index is 2.36. The van der Waals surface area contributed by atoms with E-state index in [2.05, 4.69) is 31.1 Å². The summed E-state index contributed by atoms with van der Waals surface area (Å²) in [6, 6.07) is 9.85. The van der Waals surface area contributed by atoms with Gasteiger partial charge >= 0.3 is 0 Å². The van der Waals surface area contributed by atoms with Gasteiger partial charge in [0.05, 0.1) is 5.69 Å². The maximum absolute atomic E-state index is 11.4. The van der Waals surface area contributed by atoms with Gasteiger partial charge in [-0.05, 0) is 31.9 Å². The van der Waals surface area contributed by atoms with E-state index in [9.17, 15) is 4.79 Å². The van der Waals surface area contributed by atoms with Crippen LogP contribution in [0.25, 0.3) is 5.69 Å². The molecule has 3 nitrogen and oxygen atoms in total. The molecule has 0 spiro atoms. The van der Waals surface area contributed by atoms with Crippen LogP contribution in [-0.4, -0.2) is 9.78 Å². The topological polar surface area (TPSA) is 37.8 Å². The van der Waals surface area contributed by atoms with Crippen molar-refractivity contribution in [2.45, 2.75) is 33.1 Å². The van der Waals surface area contributed by atoms with Crippen LogP contribution in [0.4, 0.5) is 0 Å². The van der Waals surface area contributed by atoms with Gasteiger partial charge in [-0.15, -0.1) is 0 Å². The quantitative estimate of drug-likeness (QED) is 0.861. The highest BCUT2D eigenvalue weighted by molar-refractivity contribution is 5.35. The monoisotopic (exact) mass is 230 g/mol. The van der Waals surface area contributed by atoms with Crippen molar-refractivity contribution in [3.63, 3.8) is 0 Å². The lowest BCUT2D eigenvalue weighted by Gasteiger charge is -2.08. The second kappa shape index (κ2) is 5.04. The molecule has 2 aromatic rings. The average molecular weight is 230 g/mol. The predicted molar refractivity (Wildman–Crippen MR) is 69.7 cm³/mol. The molecular formula is C14H18N2O. The number of benzene rings is 1. The molecule has 0 aliphatic rings. The molecule has 90 valence electrons. The fourth-order valence-electron chi connectivity index (χ4n) is 1.90. The number of nitrogens with zero attached hydrogens (tertiary/aromatic N) is 1. The van der Waals surface area contributed by atoms with Crippen LogP contribution in [0.5, 0.6) is 0 Å². The van der Waals surface area contributed by atoms with Gasteiger partial charge in [0.1, 0.15) is 0 Å². The van der Waals surface area contributed by atoms with Crippen LogP contribution in [0.2, 0.25) is 0 Å². The third-order valence-corrected chi connectivity index (χ3v) is 2.89. The second-order valence-corrected chi connectivity index (χ2v) is 4.39. The first kappa shape index (κ1) is 11.7. The van der Waals surface area contributed by atoms with Crippen LogP contribution in [0, 0.1) is 6.92 Å². The van der Waals surface area contributed by atoms with Crippen molar-refractivity contribution in [3.8, 4) is 5.69 Å².